The second-order valence-corrected chi connectivity index (χ2v) is 34.0. The van der Waals surface area contributed by atoms with Crippen LogP contribution in [0.5, 0.6) is 0 Å². The van der Waals surface area contributed by atoms with Crippen molar-refractivity contribution in [3.8, 4) is 0 Å². The van der Waals surface area contributed by atoms with E-state index < -0.39 is 0 Å². The molecule has 0 unspecified atom stereocenters. The zero-order chi connectivity index (χ0) is 60.7. The van der Waals surface area contributed by atoms with Crippen LogP contribution in [0.25, 0.3) is 20.2 Å². The summed E-state index contributed by atoms with van der Waals surface area (Å²) in [4.78, 5) is 7.93. The van der Waals surface area contributed by atoms with Crippen LogP contribution in [0.1, 0.15) is 209 Å². The van der Waals surface area contributed by atoms with E-state index in [-0.39, 0.29) is 50.0 Å². The Kier molecular flexibility index (Phi) is 12.8. The smallest absolute Gasteiger partial charge is 0.252 e. The summed E-state index contributed by atoms with van der Waals surface area (Å²) in [6.45, 7) is 47.9. The zero-order valence-electron chi connectivity index (χ0n) is 55.0. The van der Waals surface area contributed by atoms with E-state index in [9.17, 15) is 0 Å². The zero-order valence-corrected chi connectivity index (χ0v) is 55.8. The molecule has 436 valence electrons. The summed E-state index contributed by atoms with van der Waals surface area (Å²) < 4.78 is 2.66. The lowest BCUT2D eigenvalue weighted by Gasteiger charge is -2.48. The summed E-state index contributed by atoms with van der Waals surface area (Å²) in [7, 11) is 0. The summed E-state index contributed by atoms with van der Waals surface area (Å²) in [6.07, 6.45) is 4.66. The SMILES string of the molecule is CC(C)(C)c1ccc(N(c2ccc(C(C)(C)C)cc2)c2ccc3c(c2)N(c2ccc4sc5cc(C(C)(C)C)ccc5c4c2)c2cc(C(C)(C)C)cc4c2B3c2cc3c(cc2N4c2ccc4c(c2)C(C)(C)CCC4(C)C)C(C)(C)CCC3(C)C)cc1. The van der Waals surface area contributed by atoms with Gasteiger partial charge in [0.25, 0.3) is 6.71 Å². The number of rotatable bonds is 5. The van der Waals surface area contributed by atoms with Gasteiger partial charge in [0.1, 0.15) is 0 Å². The molecule has 0 radical (unpaired) electrons. The molecule has 0 fully saturated rings. The molecule has 2 aliphatic heterocycles. The number of benzene rings is 8. The van der Waals surface area contributed by atoms with Gasteiger partial charge in [-0.3, -0.25) is 0 Å². The fourth-order valence-electron chi connectivity index (χ4n) is 14.9. The Morgan fingerprint density at radius 2 is 0.800 bits per heavy atom. The standard InChI is InChI=1S/C80H92BN3S/c1-73(2,3)49-21-26-53(27-22-49)82(54-28-23-50(24-29-54)74(4,5)6)57-31-35-64-66(46-57)83(55-32-36-70-59(44-55)58-33-25-51(75(7,8)9)43-71(58)85-70)68-41-52(76(10,11)12)42-69-72(68)81(64)65-47-62-63(80(19,20)40-39-79(62,17)18)48-67(65)84(69)56-30-34-60-61(45-56)78(15,16)38-37-77(60,13)14/h21-36,41-48H,37-40H2,1-20H3. The minimum Gasteiger partial charge on any atom is -0.311 e. The van der Waals surface area contributed by atoms with Gasteiger partial charge < -0.3 is 14.7 Å². The lowest BCUT2D eigenvalue weighted by molar-refractivity contribution is 0.332. The Morgan fingerprint density at radius 3 is 1.33 bits per heavy atom. The first-order valence-electron chi connectivity index (χ1n) is 31.9. The molecule has 3 nitrogen and oxygen atoms in total. The summed E-state index contributed by atoms with van der Waals surface area (Å²) in [6, 6.07) is 59.0. The van der Waals surface area contributed by atoms with Crippen molar-refractivity contribution in [3.63, 3.8) is 0 Å². The maximum Gasteiger partial charge on any atom is 0.252 e. The normalized spacial score (nSPS) is 17.5. The monoisotopic (exact) mass is 1140 g/mol. The molecule has 13 rings (SSSR count). The summed E-state index contributed by atoms with van der Waals surface area (Å²) in [5.41, 5.74) is 26.5. The van der Waals surface area contributed by atoms with E-state index in [1.54, 1.807) is 0 Å². The van der Waals surface area contributed by atoms with Crippen LogP contribution in [-0.4, -0.2) is 6.71 Å². The highest BCUT2D eigenvalue weighted by Crippen LogP contribution is 2.54. The first kappa shape index (κ1) is 57.5. The predicted octanol–water partition coefficient (Wildman–Crippen LogP) is 21.5. The maximum atomic E-state index is 2.74. The summed E-state index contributed by atoms with van der Waals surface area (Å²) >= 11 is 1.92. The number of thiophene rings is 1. The first-order valence-corrected chi connectivity index (χ1v) is 32.7. The van der Waals surface area contributed by atoms with Crippen molar-refractivity contribution in [2.24, 2.45) is 0 Å². The quantitative estimate of drug-likeness (QED) is 0.159. The van der Waals surface area contributed by atoms with Crippen LogP contribution in [0, 0.1) is 0 Å². The molecule has 0 bridgehead atoms. The molecular weight excluding hydrogens is 1050 g/mol. The second-order valence-electron chi connectivity index (χ2n) is 32.9. The molecule has 9 aromatic rings. The number of fused-ring (bicyclic) bond motifs is 9. The van der Waals surface area contributed by atoms with Gasteiger partial charge >= 0.3 is 0 Å². The molecule has 85 heavy (non-hydrogen) atoms. The van der Waals surface area contributed by atoms with Crippen LogP contribution in [0.15, 0.2) is 146 Å². The van der Waals surface area contributed by atoms with Crippen LogP contribution < -0.4 is 31.1 Å². The van der Waals surface area contributed by atoms with E-state index in [1.165, 1.54) is 122 Å². The fourth-order valence-corrected chi connectivity index (χ4v) is 16.0. The van der Waals surface area contributed by atoms with E-state index in [4.69, 9.17) is 0 Å². The van der Waals surface area contributed by atoms with Gasteiger partial charge in [0.05, 0.1) is 0 Å². The van der Waals surface area contributed by atoms with Gasteiger partial charge in [-0.2, -0.15) is 0 Å². The molecule has 1 aromatic heterocycles. The van der Waals surface area contributed by atoms with Crippen molar-refractivity contribution in [2.75, 3.05) is 14.7 Å². The summed E-state index contributed by atoms with van der Waals surface area (Å²) in [5, 5.41) is 2.63. The Labute approximate surface area is 515 Å². The minimum atomic E-state index is -0.169. The lowest BCUT2D eigenvalue weighted by Crippen LogP contribution is -2.62. The maximum absolute atomic E-state index is 2.74. The summed E-state index contributed by atoms with van der Waals surface area (Å²) in [5.74, 6) is 0. The first-order chi connectivity index (χ1) is 39.6. The van der Waals surface area contributed by atoms with Crippen LogP contribution in [0.4, 0.5) is 51.2 Å². The third-order valence-electron chi connectivity index (χ3n) is 20.8. The van der Waals surface area contributed by atoms with Crippen LogP contribution >= 0.6 is 11.3 Å². The van der Waals surface area contributed by atoms with Gasteiger partial charge in [-0.1, -0.05) is 193 Å². The minimum absolute atomic E-state index is 0.0106. The van der Waals surface area contributed by atoms with Crippen molar-refractivity contribution >= 4 is 106 Å². The highest BCUT2D eigenvalue weighted by molar-refractivity contribution is 7.25. The van der Waals surface area contributed by atoms with Gasteiger partial charge in [0, 0.05) is 71.4 Å². The van der Waals surface area contributed by atoms with Crippen molar-refractivity contribution in [1.82, 2.24) is 0 Å². The molecule has 8 aromatic carbocycles. The van der Waals surface area contributed by atoms with E-state index in [0.717, 1.165) is 36.3 Å². The number of nitrogens with zero attached hydrogens (tertiary/aromatic N) is 3. The van der Waals surface area contributed by atoms with E-state index in [1.807, 2.05) is 11.3 Å². The van der Waals surface area contributed by atoms with Crippen molar-refractivity contribution < 1.29 is 0 Å². The highest BCUT2D eigenvalue weighted by Gasteiger charge is 2.48. The molecule has 3 heterocycles. The van der Waals surface area contributed by atoms with Gasteiger partial charge in [0.2, 0.25) is 0 Å². The number of hydrogen-bond donors (Lipinski definition) is 0. The van der Waals surface area contributed by atoms with Crippen molar-refractivity contribution in [1.29, 1.82) is 0 Å². The second kappa shape index (κ2) is 19.0. The number of anilines is 9. The Bertz CT molecular complexity index is 4120. The van der Waals surface area contributed by atoms with Crippen LogP contribution in [0.3, 0.4) is 0 Å². The van der Waals surface area contributed by atoms with Crippen molar-refractivity contribution in [2.45, 2.75) is 207 Å². The van der Waals surface area contributed by atoms with Crippen molar-refractivity contribution in [3.05, 3.63) is 190 Å². The molecule has 0 atom stereocenters. The highest BCUT2D eigenvalue weighted by atomic mass is 32.1. The molecule has 0 amide bonds. The van der Waals surface area contributed by atoms with Gasteiger partial charge in [-0.05, 0) is 221 Å². The molecule has 5 heteroatoms. The predicted molar refractivity (Wildman–Crippen MR) is 373 cm³/mol. The average molecular weight is 1140 g/mol. The molecule has 0 spiro atoms. The molecule has 0 saturated carbocycles. The number of hydrogen-bond acceptors (Lipinski definition) is 4. The third-order valence-corrected chi connectivity index (χ3v) is 21.9. The Hall–Kier alpha value is -6.56. The molecule has 4 aliphatic rings. The van der Waals surface area contributed by atoms with E-state index in [0.29, 0.717) is 0 Å². The van der Waals surface area contributed by atoms with Gasteiger partial charge in [0.15, 0.2) is 0 Å². The molecule has 0 N–H and O–H groups in total. The van der Waals surface area contributed by atoms with Crippen LogP contribution in [-0.2, 0) is 43.3 Å². The fraction of sp³-hybridized carbons (Fsp3) is 0.400. The van der Waals surface area contributed by atoms with Gasteiger partial charge in [-0.25, -0.2) is 0 Å². The largest absolute Gasteiger partial charge is 0.311 e. The van der Waals surface area contributed by atoms with E-state index in [2.05, 4.69) is 299 Å². The molecule has 0 saturated heterocycles. The topological polar surface area (TPSA) is 9.72 Å². The average Bonchev–Trinajstić information content (AvgIpc) is 0.995. The lowest BCUT2D eigenvalue weighted by atomic mass is 9.33. The third kappa shape index (κ3) is 9.50. The molecular formula is C80H92BN3S. The Morgan fingerprint density at radius 1 is 0.353 bits per heavy atom. The Balaban J connectivity index is 1.14. The molecule has 2 aliphatic carbocycles. The van der Waals surface area contributed by atoms with Crippen LogP contribution in [0.2, 0.25) is 0 Å². The van der Waals surface area contributed by atoms with E-state index >= 15 is 0 Å². The van der Waals surface area contributed by atoms with Gasteiger partial charge in [-0.15, -0.1) is 11.3 Å².